The summed E-state index contributed by atoms with van der Waals surface area (Å²) in [6, 6.07) is 10.3. The van der Waals surface area contributed by atoms with E-state index in [-0.39, 0.29) is 24.0 Å². The second kappa shape index (κ2) is 9.98. The van der Waals surface area contributed by atoms with E-state index < -0.39 is 0 Å². The van der Waals surface area contributed by atoms with Crippen molar-refractivity contribution in [2.45, 2.75) is 32.6 Å². The molecule has 4 nitrogen and oxygen atoms in total. The number of rotatable bonds is 4. The number of nitrogens with zero attached hydrogens (tertiary/aromatic N) is 3. The van der Waals surface area contributed by atoms with E-state index in [1.165, 1.54) is 29.1 Å². The Kier molecular flexibility index (Phi) is 7.98. The first-order valence-electron chi connectivity index (χ1n) is 8.34. The van der Waals surface area contributed by atoms with Crippen LogP contribution in [0.1, 0.15) is 29.1 Å². The fraction of sp³-hybridized carbons (Fsp3) is 0.444. The van der Waals surface area contributed by atoms with Gasteiger partial charge in [-0.05, 0) is 38.3 Å². The van der Waals surface area contributed by atoms with Crippen molar-refractivity contribution in [1.29, 1.82) is 0 Å². The number of para-hydroxylation sites is 1. The zero-order valence-corrected chi connectivity index (χ0v) is 17.2. The lowest BCUT2D eigenvalue weighted by atomic mass is 10.1. The summed E-state index contributed by atoms with van der Waals surface area (Å²) in [6.07, 6.45) is 6.68. The standard InChI is InChI=1S/C18H24N4S.HI/c1-15-14-20-17(23-15)10-11-19-18(22-12-6-3-7-13-22)21-16-8-4-2-5-9-16;/h2,4-5,8-9,14H,3,6-7,10-13H2,1H3,(H,19,21);1H. The fourth-order valence-electron chi connectivity index (χ4n) is 2.75. The highest BCUT2D eigenvalue weighted by Crippen LogP contribution is 2.14. The Bertz CT molecular complexity index is 635. The number of aliphatic imine (C=N–C) groups is 1. The lowest BCUT2D eigenvalue weighted by Crippen LogP contribution is -2.40. The second-order valence-electron chi connectivity index (χ2n) is 5.86. The third kappa shape index (κ3) is 5.73. The van der Waals surface area contributed by atoms with Gasteiger partial charge in [-0.25, -0.2) is 4.98 Å². The minimum absolute atomic E-state index is 0. The number of halogens is 1. The monoisotopic (exact) mass is 456 g/mol. The van der Waals surface area contributed by atoms with Gasteiger partial charge in [0.25, 0.3) is 0 Å². The van der Waals surface area contributed by atoms with Crippen LogP contribution in [0.3, 0.4) is 0 Å². The number of benzene rings is 1. The van der Waals surface area contributed by atoms with Crippen LogP contribution in [0.4, 0.5) is 5.69 Å². The van der Waals surface area contributed by atoms with Crippen LogP contribution in [-0.4, -0.2) is 35.5 Å². The third-order valence-electron chi connectivity index (χ3n) is 3.94. The molecule has 1 aliphatic heterocycles. The minimum Gasteiger partial charge on any atom is -0.343 e. The maximum atomic E-state index is 4.85. The average Bonchev–Trinajstić information content (AvgIpc) is 3.01. The van der Waals surface area contributed by atoms with Crippen LogP contribution < -0.4 is 5.32 Å². The fourth-order valence-corrected chi connectivity index (χ4v) is 3.53. The molecule has 1 saturated heterocycles. The Labute approximate surface area is 165 Å². The van der Waals surface area contributed by atoms with Gasteiger partial charge >= 0.3 is 0 Å². The number of hydrogen-bond acceptors (Lipinski definition) is 3. The molecule has 0 spiro atoms. The maximum absolute atomic E-state index is 4.85. The van der Waals surface area contributed by atoms with E-state index in [0.717, 1.165) is 37.7 Å². The molecule has 1 aliphatic rings. The Hall–Kier alpha value is -1.15. The number of aromatic nitrogens is 1. The lowest BCUT2D eigenvalue weighted by molar-refractivity contribution is 0.340. The smallest absolute Gasteiger partial charge is 0.198 e. The zero-order valence-electron chi connectivity index (χ0n) is 14.1. The van der Waals surface area contributed by atoms with Crippen molar-refractivity contribution >= 4 is 47.0 Å². The Morgan fingerprint density at radius 2 is 1.96 bits per heavy atom. The van der Waals surface area contributed by atoms with E-state index >= 15 is 0 Å². The first-order valence-corrected chi connectivity index (χ1v) is 9.16. The highest BCUT2D eigenvalue weighted by atomic mass is 127. The molecule has 0 atom stereocenters. The lowest BCUT2D eigenvalue weighted by Gasteiger charge is -2.30. The Morgan fingerprint density at radius 3 is 2.62 bits per heavy atom. The molecule has 130 valence electrons. The largest absolute Gasteiger partial charge is 0.343 e. The van der Waals surface area contributed by atoms with Gasteiger partial charge in [0.05, 0.1) is 5.01 Å². The van der Waals surface area contributed by atoms with Gasteiger partial charge in [0.15, 0.2) is 5.96 Å². The number of anilines is 1. The van der Waals surface area contributed by atoms with Crippen LogP contribution >= 0.6 is 35.3 Å². The molecule has 0 radical (unpaired) electrons. The first kappa shape index (κ1) is 19.2. The van der Waals surface area contributed by atoms with Gasteiger partial charge in [-0.1, -0.05) is 18.2 Å². The Morgan fingerprint density at radius 1 is 1.21 bits per heavy atom. The summed E-state index contributed by atoms with van der Waals surface area (Å²) in [5.41, 5.74) is 1.10. The van der Waals surface area contributed by atoms with Gasteiger partial charge in [-0.15, -0.1) is 35.3 Å². The summed E-state index contributed by atoms with van der Waals surface area (Å²) in [6.45, 7) is 5.06. The molecule has 0 aliphatic carbocycles. The maximum Gasteiger partial charge on any atom is 0.198 e. The van der Waals surface area contributed by atoms with Crippen LogP contribution in [0, 0.1) is 6.92 Å². The molecule has 3 rings (SSSR count). The summed E-state index contributed by atoms with van der Waals surface area (Å²) >= 11 is 1.76. The number of aryl methyl sites for hydroxylation is 1. The van der Waals surface area contributed by atoms with E-state index in [4.69, 9.17) is 4.99 Å². The summed E-state index contributed by atoms with van der Waals surface area (Å²) in [5.74, 6) is 1.00. The first-order chi connectivity index (χ1) is 11.3. The van der Waals surface area contributed by atoms with Gasteiger partial charge in [0.1, 0.15) is 0 Å². The number of likely N-dealkylation sites (tertiary alicyclic amines) is 1. The zero-order chi connectivity index (χ0) is 15.9. The molecule has 1 N–H and O–H groups in total. The minimum atomic E-state index is 0. The molecule has 24 heavy (non-hydrogen) atoms. The van der Waals surface area contributed by atoms with Crippen molar-refractivity contribution in [3.63, 3.8) is 0 Å². The normalized spacial score (nSPS) is 15.0. The van der Waals surface area contributed by atoms with Crippen molar-refractivity contribution in [3.8, 4) is 0 Å². The summed E-state index contributed by atoms with van der Waals surface area (Å²) < 4.78 is 0. The molecule has 2 aromatic rings. The average molecular weight is 456 g/mol. The topological polar surface area (TPSA) is 40.5 Å². The molecule has 1 fully saturated rings. The van der Waals surface area contributed by atoms with Gasteiger partial charge < -0.3 is 10.2 Å². The molecule has 1 aromatic heterocycles. The molecule has 0 amide bonds. The molecule has 0 unspecified atom stereocenters. The van der Waals surface area contributed by atoms with Crippen LogP contribution in [0.15, 0.2) is 41.5 Å². The van der Waals surface area contributed by atoms with Crippen molar-refractivity contribution in [2.75, 3.05) is 25.0 Å². The van der Waals surface area contributed by atoms with Gasteiger partial charge in [0.2, 0.25) is 0 Å². The summed E-state index contributed by atoms with van der Waals surface area (Å²) in [5, 5.41) is 4.67. The number of nitrogens with one attached hydrogen (secondary N) is 1. The molecule has 2 heterocycles. The van der Waals surface area contributed by atoms with Crippen molar-refractivity contribution in [2.24, 2.45) is 4.99 Å². The van der Waals surface area contributed by atoms with Crippen LogP contribution in [0.25, 0.3) is 0 Å². The van der Waals surface area contributed by atoms with E-state index in [0.29, 0.717) is 0 Å². The molecule has 0 saturated carbocycles. The number of guanidine groups is 1. The SMILES string of the molecule is Cc1cnc(CCN=C(Nc2ccccc2)N2CCCCC2)s1.I. The molecule has 1 aromatic carbocycles. The number of hydrogen-bond donors (Lipinski definition) is 1. The second-order valence-corrected chi connectivity index (χ2v) is 7.18. The van der Waals surface area contributed by atoms with Crippen LogP contribution in [0.2, 0.25) is 0 Å². The van der Waals surface area contributed by atoms with E-state index in [1.807, 2.05) is 12.3 Å². The number of piperidine rings is 1. The molecule has 6 heteroatoms. The summed E-state index contributed by atoms with van der Waals surface area (Å²) in [7, 11) is 0. The van der Waals surface area contributed by atoms with Crippen LogP contribution in [0.5, 0.6) is 0 Å². The predicted molar refractivity (Wildman–Crippen MR) is 114 cm³/mol. The quantitative estimate of drug-likeness (QED) is 0.417. The molecule has 0 bridgehead atoms. The highest BCUT2D eigenvalue weighted by molar-refractivity contribution is 14.0. The van der Waals surface area contributed by atoms with Gasteiger partial charge in [-0.2, -0.15) is 0 Å². The van der Waals surface area contributed by atoms with Gasteiger partial charge in [0, 0.05) is 42.8 Å². The van der Waals surface area contributed by atoms with Crippen molar-refractivity contribution in [3.05, 3.63) is 46.4 Å². The molecular weight excluding hydrogens is 431 g/mol. The Balaban J connectivity index is 0.00000208. The van der Waals surface area contributed by atoms with Crippen molar-refractivity contribution < 1.29 is 0 Å². The van der Waals surface area contributed by atoms with Gasteiger partial charge in [-0.3, -0.25) is 4.99 Å². The predicted octanol–water partition coefficient (Wildman–Crippen LogP) is 4.57. The van der Waals surface area contributed by atoms with E-state index in [1.54, 1.807) is 11.3 Å². The summed E-state index contributed by atoms with van der Waals surface area (Å²) in [4.78, 5) is 12.9. The third-order valence-corrected chi connectivity index (χ3v) is 4.91. The number of thiazole rings is 1. The van der Waals surface area contributed by atoms with E-state index in [9.17, 15) is 0 Å². The van der Waals surface area contributed by atoms with E-state index in [2.05, 4.69) is 46.4 Å². The highest BCUT2D eigenvalue weighted by Gasteiger charge is 2.15. The van der Waals surface area contributed by atoms with Crippen LogP contribution in [-0.2, 0) is 6.42 Å². The van der Waals surface area contributed by atoms with Crippen molar-refractivity contribution in [1.82, 2.24) is 9.88 Å². The molecular formula is C18H25IN4S.